The molecule has 0 heterocycles. The van der Waals surface area contributed by atoms with E-state index in [0.717, 1.165) is 12.8 Å². The van der Waals surface area contributed by atoms with Gasteiger partial charge in [-0.3, -0.25) is 0 Å². The summed E-state index contributed by atoms with van der Waals surface area (Å²) in [6, 6.07) is 0. The summed E-state index contributed by atoms with van der Waals surface area (Å²) in [6.07, 6.45) is 5.76. The van der Waals surface area contributed by atoms with E-state index >= 15 is 0 Å². The standard InChI is InChI=1S/C6H14N2.2Na/c7-6(8)4-2-1-3-5-6;;/h1-5,7-8H2;;. The van der Waals surface area contributed by atoms with Gasteiger partial charge in [-0.05, 0) is 12.8 Å². The van der Waals surface area contributed by atoms with Crippen LogP contribution in [0.2, 0.25) is 0 Å². The Morgan fingerprint density at radius 1 is 0.800 bits per heavy atom. The Labute approximate surface area is 107 Å². The molecule has 0 bridgehead atoms. The molecule has 50 valence electrons. The number of rotatable bonds is 0. The fourth-order valence-corrected chi connectivity index (χ4v) is 1.21. The molecule has 1 aliphatic carbocycles. The molecule has 1 aliphatic rings. The third-order valence-electron chi connectivity index (χ3n) is 1.78. The average molecular weight is 160 g/mol. The van der Waals surface area contributed by atoms with Crippen molar-refractivity contribution in [3.63, 3.8) is 0 Å². The Bertz CT molecular complexity index is 77.8. The van der Waals surface area contributed by atoms with Crippen molar-refractivity contribution in [2.75, 3.05) is 0 Å². The third kappa shape index (κ3) is 5.56. The third-order valence-corrected chi connectivity index (χ3v) is 1.78. The normalized spacial score (nSPS) is 22.2. The Hall–Kier alpha value is 1.92. The zero-order valence-corrected chi connectivity index (χ0v) is 11.2. The Morgan fingerprint density at radius 3 is 1.40 bits per heavy atom. The number of nitrogens with two attached hydrogens (primary N) is 2. The summed E-state index contributed by atoms with van der Waals surface area (Å²) in [6.45, 7) is 0. The minimum absolute atomic E-state index is 0. The number of hydrogen-bond donors (Lipinski definition) is 2. The SMILES string of the molecule is NC1(N)CCCCC1.[Na].[Na]. The molecular weight excluding hydrogens is 146 g/mol. The zero-order chi connectivity index (χ0) is 6.04. The summed E-state index contributed by atoms with van der Waals surface area (Å²) >= 11 is 0. The molecule has 0 aromatic carbocycles. The topological polar surface area (TPSA) is 52.0 Å². The molecule has 1 fully saturated rings. The Kier molecular flexibility index (Phi) is 9.30. The quantitative estimate of drug-likeness (QED) is 0.381. The smallest absolute Gasteiger partial charge is 0.0636 e. The van der Waals surface area contributed by atoms with E-state index in [0.29, 0.717) is 0 Å². The van der Waals surface area contributed by atoms with Crippen LogP contribution in [0.25, 0.3) is 0 Å². The van der Waals surface area contributed by atoms with Crippen molar-refractivity contribution >= 4 is 59.1 Å². The molecule has 4 N–H and O–H groups in total. The molecule has 0 aromatic heterocycles. The predicted molar refractivity (Wildman–Crippen MR) is 45.7 cm³/mol. The van der Waals surface area contributed by atoms with Crippen molar-refractivity contribution in [1.82, 2.24) is 0 Å². The first-order chi connectivity index (χ1) is 3.71. The van der Waals surface area contributed by atoms with Gasteiger partial charge in [0.2, 0.25) is 0 Å². The molecule has 0 amide bonds. The van der Waals surface area contributed by atoms with E-state index in [9.17, 15) is 0 Å². The monoisotopic (exact) mass is 160 g/mol. The zero-order valence-electron chi connectivity index (χ0n) is 7.19. The van der Waals surface area contributed by atoms with E-state index in [4.69, 9.17) is 11.5 Å². The molecule has 2 nitrogen and oxygen atoms in total. The maximum atomic E-state index is 5.66. The second kappa shape index (κ2) is 6.44. The van der Waals surface area contributed by atoms with Crippen molar-refractivity contribution in [3.8, 4) is 0 Å². The summed E-state index contributed by atoms with van der Waals surface area (Å²) in [4.78, 5) is 0. The minimum atomic E-state index is -0.321. The molecule has 10 heavy (non-hydrogen) atoms. The van der Waals surface area contributed by atoms with Crippen LogP contribution in [0.5, 0.6) is 0 Å². The largest absolute Gasteiger partial charge is 0.313 e. The fraction of sp³-hybridized carbons (Fsp3) is 1.00. The van der Waals surface area contributed by atoms with Gasteiger partial charge in [0.15, 0.2) is 0 Å². The molecule has 0 saturated heterocycles. The molecule has 0 aliphatic heterocycles. The molecule has 0 unspecified atom stereocenters. The van der Waals surface area contributed by atoms with E-state index in [-0.39, 0.29) is 64.8 Å². The van der Waals surface area contributed by atoms with Crippen molar-refractivity contribution in [2.24, 2.45) is 11.5 Å². The van der Waals surface area contributed by atoms with Crippen molar-refractivity contribution in [3.05, 3.63) is 0 Å². The summed E-state index contributed by atoms with van der Waals surface area (Å²) in [7, 11) is 0. The molecule has 0 atom stereocenters. The van der Waals surface area contributed by atoms with Crippen LogP contribution in [0.4, 0.5) is 0 Å². The van der Waals surface area contributed by atoms with Gasteiger partial charge in [0.1, 0.15) is 0 Å². The summed E-state index contributed by atoms with van der Waals surface area (Å²) in [5.74, 6) is 0. The number of hydrogen-bond acceptors (Lipinski definition) is 2. The van der Waals surface area contributed by atoms with Crippen molar-refractivity contribution in [2.45, 2.75) is 37.8 Å². The van der Waals surface area contributed by atoms with E-state index < -0.39 is 0 Å². The maximum absolute atomic E-state index is 5.66. The van der Waals surface area contributed by atoms with E-state index in [1.54, 1.807) is 0 Å². The van der Waals surface area contributed by atoms with Crippen molar-refractivity contribution in [1.29, 1.82) is 0 Å². The van der Waals surface area contributed by atoms with E-state index in [2.05, 4.69) is 0 Å². The minimum Gasteiger partial charge on any atom is -0.313 e. The first-order valence-corrected chi connectivity index (χ1v) is 3.28. The van der Waals surface area contributed by atoms with Gasteiger partial charge in [0, 0.05) is 59.1 Å². The van der Waals surface area contributed by atoms with Gasteiger partial charge < -0.3 is 11.5 Å². The van der Waals surface area contributed by atoms with Gasteiger partial charge in [0.25, 0.3) is 0 Å². The van der Waals surface area contributed by atoms with Crippen LogP contribution in [0.15, 0.2) is 0 Å². The summed E-state index contributed by atoms with van der Waals surface area (Å²) in [5, 5.41) is 0. The van der Waals surface area contributed by atoms with Gasteiger partial charge in [-0.25, -0.2) is 0 Å². The molecular formula is C6H14N2Na2. The van der Waals surface area contributed by atoms with Gasteiger partial charge in [-0.1, -0.05) is 19.3 Å². The van der Waals surface area contributed by atoms with Crippen LogP contribution >= 0.6 is 0 Å². The molecule has 0 aromatic rings. The van der Waals surface area contributed by atoms with Crippen molar-refractivity contribution < 1.29 is 0 Å². The maximum Gasteiger partial charge on any atom is 0.0636 e. The van der Waals surface area contributed by atoms with E-state index in [1.165, 1.54) is 19.3 Å². The summed E-state index contributed by atoms with van der Waals surface area (Å²) < 4.78 is 0. The molecule has 1 rings (SSSR count). The average Bonchev–Trinajstić information content (AvgIpc) is 1.65. The predicted octanol–water partition coefficient (Wildman–Crippen LogP) is -0.197. The van der Waals surface area contributed by atoms with Crippen LogP contribution in [0.3, 0.4) is 0 Å². The second-order valence-electron chi connectivity index (χ2n) is 2.79. The first-order valence-electron chi connectivity index (χ1n) is 3.28. The van der Waals surface area contributed by atoms with Crippen LogP contribution in [0.1, 0.15) is 32.1 Å². The van der Waals surface area contributed by atoms with Gasteiger partial charge >= 0.3 is 0 Å². The summed E-state index contributed by atoms with van der Waals surface area (Å²) in [5.41, 5.74) is 11.0. The van der Waals surface area contributed by atoms with Crippen LogP contribution in [0, 0.1) is 0 Å². The molecule has 1 saturated carbocycles. The van der Waals surface area contributed by atoms with Crippen LogP contribution in [-0.4, -0.2) is 64.8 Å². The molecule has 4 heteroatoms. The van der Waals surface area contributed by atoms with E-state index in [1.807, 2.05) is 0 Å². The second-order valence-corrected chi connectivity index (χ2v) is 2.79. The van der Waals surface area contributed by atoms with Crippen LogP contribution < -0.4 is 11.5 Å². The molecule has 0 spiro atoms. The van der Waals surface area contributed by atoms with Gasteiger partial charge in [0.05, 0.1) is 5.66 Å². The van der Waals surface area contributed by atoms with Crippen LogP contribution in [-0.2, 0) is 0 Å². The Morgan fingerprint density at radius 2 is 1.20 bits per heavy atom. The van der Waals surface area contributed by atoms with Gasteiger partial charge in [-0.15, -0.1) is 0 Å². The molecule has 2 radical (unpaired) electrons. The first kappa shape index (κ1) is 14.4. The fourth-order valence-electron chi connectivity index (χ4n) is 1.21. The Balaban J connectivity index is 0. The van der Waals surface area contributed by atoms with Gasteiger partial charge in [-0.2, -0.15) is 0 Å².